The third-order valence-corrected chi connectivity index (χ3v) is 3.86. The summed E-state index contributed by atoms with van der Waals surface area (Å²) in [6, 6.07) is 20.3. The molecule has 136 valence electrons. The molecule has 27 heavy (non-hydrogen) atoms. The van der Waals surface area contributed by atoms with Crippen molar-refractivity contribution in [3.63, 3.8) is 0 Å². The molecule has 0 saturated heterocycles. The van der Waals surface area contributed by atoms with Crippen molar-refractivity contribution >= 4 is 40.8 Å². The second kappa shape index (κ2) is 9.12. The summed E-state index contributed by atoms with van der Waals surface area (Å²) < 4.78 is 18.5. The standard InChI is InChI=1S/C20H15ClFN3OS/c21-15-3-7-17(8-4-15)24-20(27)25-23-13-14-1-9-18(10-2-14)26-19-11-5-16(22)6-12-19/h1-13H,(H2,24,25,27)/b23-13+. The molecule has 7 heteroatoms. The van der Waals surface area contributed by atoms with Gasteiger partial charge in [0.2, 0.25) is 0 Å². The SMILES string of the molecule is Fc1ccc(Oc2ccc(/C=N/NC(=S)Nc3ccc(Cl)cc3)cc2)cc1. The highest BCUT2D eigenvalue weighted by Crippen LogP contribution is 2.21. The fraction of sp³-hybridized carbons (Fsp3) is 0. The Balaban J connectivity index is 1.50. The van der Waals surface area contributed by atoms with Crippen LogP contribution in [0.4, 0.5) is 10.1 Å². The summed E-state index contributed by atoms with van der Waals surface area (Å²) in [4.78, 5) is 0. The number of rotatable bonds is 5. The summed E-state index contributed by atoms with van der Waals surface area (Å²) in [5.41, 5.74) is 4.42. The van der Waals surface area contributed by atoms with E-state index >= 15 is 0 Å². The summed E-state index contributed by atoms with van der Waals surface area (Å²) >= 11 is 11.0. The largest absolute Gasteiger partial charge is 0.457 e. The highest BCUT2D eigenvalue weighted by atomic mass is 35.5. The predicted octanol–water partition coefficient (Wildman–Crippen LogP) is 5.59. The van der Waals surface area contributed by atoms with Gasteiger partial charge in [-0.3, -0.25) is 5.43 Å². The third kappa shape index (κ3) is 6.06. The van der Waals surface area contributed by atoms with Gasteiger partial charge in [-0.1, -0.05) is 11.6 Å². The van der Waals surface area contributed by atoms with Gasteiger partial charge in [0.05, 0.1) is 6.21 Å². The van der Waals surface area contributed by atoms with Crippen LogP contribution in [0.3, 0.4) is 0 Å². The van der Waals surface area contributed by atoms with E-state index in [4.69, 9.17) is 28.6 Å². The van der Waals surface area contributed by atoms with Gasteiger partial charge < -0.3 is 10.1 Å². The minimum absolute atomic E-state index is 0.301. The van der Waals surface area contributed by atoms with Crippen LogP contribution in [0.1, 0.15) is 5.56 Å². The second-order valence-electron chi connectivity index (χ2n) is 5.46. The number of nitrogens with one attached hydrogen (secondary N) is 2. The van der Waals surface area contributed by atoms with Crippen LogP contribution in [0.5, 0.6) is 11.5 Å². The van der Waals surface area contributed by atoms with Crippen molar-refractivity contribution < 1.29 is 9.13 Å². The average molecular weight is 400 g/mol. The Hall–Kier alpha value is -2.96. The molecule has 0 bridgehead atoms. The number of ether oxygens (including phenoxy) is 1. The van der Waals surface area contributed by atoms with Crippen LogP contribution in [0.15, 0.2) is 77.9 Å². The Morgan fingerprint density at radius 3 is 2.15 bits per heavy atom. The van der Waals surface area contributed by atoms with Crippen molar-refractivity contribution in [2.75, 3.05) is 5.32 Å². The summed E-state index contributed by atoms with van der Waals surface area (Å²) in [5.74, 6) is 0.912. The maximum Gasteiger partial charge on any atom is 0.191 e. The van der Waals surface area contributed by atoms with Crippen LogP contribution in [0.2, 0.25) is 5.02 Å². The summed E-state index contributed by atoms with van der Waals surface area (Å²) in [6.45, 7) is 0. The number of benzene rings is 3. The predicted molar refractivity (Wildman–Crippen MR) is 111 cm³/mol. The van der Waals surface area contributed by atoms with Gasteiger partial charge >= 0.3 is 0 Å². The van der Waals surface area contributed by atoms with Crippen LogP contribution < -0.4 is 15.5 Å². The molecule has 2 N–H and O–H groups in total. The smallest absolute Gasteiger partial charge is 0.191 e. The van der Waals surface area contributed by atoms with E-state index in [0.29, 0.717) is 21.6 Å². The monoisotopic (exact) mass is 399 g/mol. The maximum absolute atomic E-state index is 12.9. The summed E-state index contributed by atoms with van der Waals surface area (Å²) in [5, 5.41) is 8.11. The number of halogens is 2. The Morgan fingerprint density at radius 2 is 1.52 bits per heavy atom. The Bertz CT molecular complexity index is 929. The van der Waals surface area contributed by atoms with E-state index < -0.39 is 0 Å². The maximum atomic E-state index is 12.9. The second-order valence-corrected chi connectivity index (χ2v) is 6.30. The lowest BCUT2D eigenvalue weighted by molar-refractivity contribution is 0.480. The number of hydrogen-bond acceptors (Lipinski definition) is 3. The summed E-state index contributed by atoms with van der Waals surface area (Å²) in [6.07, 6.45) is 1.64. The molecule has 3 aromatic carbocycles. The Morgan fingerprint density at radius 1 is 0.926 bits per heavy atom. The lowest BCUT2D eigenvalue weighted by Gasteiger charge is -2.07. The van der Waals surface area contributed by atoms with Gasteiger partial charge in [0.1, 0.15) is 17.3 Å². The minimum atomic E-state index is -0.301. The van der Waals surface area contributed by atoms with E-state index in [0.717, 1.165) is 11.3 Å². The molecule has 0 aliphatic rings. The molecule has 0 atom stereocenters. The van der Waals surface area contributed by atoms with Crippen molar-refractivity contribution in [3.8, 4) is 11.5 Å². The zero-order valence-corrected chi connectivity index (χ0v) is 15.6. The van der Waals surface area contributed by atoms with E-state index in [2.05, 4.69) is 15.8 Å². The van der Waals surface area contributed by atoms with Crippen LogP contribution in [0, 0.1) is 5.82 Å². The molecular formula is C20H15ClFN3OS. The number of hydrogen-bond donors (Lipinski definition) is 2. The van der Waals surface area contributed by atoms with Crippen molar-refractivity contribution in [1.82, 2.24) is 5.43 Å². The zero-order valence-electron chi connectivity index (χ0n) is 14.0. The van der Waals surface area contributed by atoms with Gasteiger partial charge in [0, 0.05) is 10.7 Å². The fourth-order valence-electron chi connectivity index (χ4n) is 2.12. The van der Waals surface area contributed by atoms with Crippen molar-refractivity contribution in [2.45, 2.75) is 0 Å². The summed E-state index contributed by atoms with van der Waals surface area (Å²) in [7, 11) is 0. The first-order valence-corrected chi connectivity index (χ1v) is 8.76. The Labute approximate surface area is 166 Å². The molecular weight excluding hydrogens is 385 g/mol. The Kier molecular flexibility index (Phi) is 6.35. The third-order valence-electron chi connectivity index (χ3n) is 3.41. The number of thiocarbonyl (C=S) groups is 1. The van der Waals surface area contributed by atoms with Gasteiger partial charge in [-0.2, -0.15) is 5.10 Å². The van der Waals surface area contributed by atoms with Gasteiger partial charge in [-0.05, 0) is 90.6 Å². The van der Waals surface area contributed by atoms with E-state index in [-0.39, 0.29) is 5.82 Å². The number of nitrogens with zero attached hydrogens (tertiary/aromatic N) is 1. The number of hydrazone groups is 1. The normalized spacial score (nSPS) is 10.6. The van der Waals surface area contributed by atoms with E-state index in [1.807, 2.05) is 24.3 Å². The highest BCUT2D eigenvalue weighted by Gasteiger charge is 1.99. The lowest BCUT2D eigenvalue weighted by atomic mass is 10.2. The zero-order chi connectivity index (χ0) is 19.1. The van der Waals surface area contributed by atoms with E-state index in [9.17, 15) is 4.39 Å². The molecule has 0 heterocycles. The van der Waals surface area contributed by atoms with Gasteiger partial charge in [0.25, 0.3) is 0 Å². The molecule has 3 aromatic rings. The van der Waals surface area contributed by atoms with Gasteiger partial charge in [0.15, 0.2) is 5.11 Å². The molecule has 0 fully saturated rings. The van der Waals surface area contributed by atoms with Crippen molar-refractivity contribution in [2.24, 2.45) is 5.10 Å². The molecule has 0 aliphatic carbocycles. The highest BCUT2D eigenvalue weighted by molar-refractivity contribution is 7.80. The molecule has 0 aromatic heterocycles. The molecule has 0 amide bonds. The van der Waals surface area contributed by atoms with E-state index in [1.165, 1.54) is 12.1 Å². The van der Waals surface area contributed by atoms with Crippen LogP contribution in [-0.2, 0) is 0 Å². The lowest BCUT2D eigenvalue weighted by Crippen LogP contribution is -2.23. The fourth-order valence-corrected chi connectivity index (χ4v) is 2.41. The average Bonchev–Trinajstić information content (AvgIpc) is 2.67. The first-order valence-electron chi connectivity index (χ1n) is 7.97. The van der Waals surface area contributed by atoms with E-state index in [1.54, 1.807) is 42.6 Å². The molecule has 3 rings (SSSR count). The van der Waals surface area contributed by atoms with Gasteiger partial charge in [-0.25, -0.2) is 4.39 Å². The first kappa shape index (κ1) is 18.8. The van der Waals surface area contributed by atoms with Crippen LogP contribution in [0.25, 0.3) is 0 Å². The van der Waals surface area contributed by atoms with Gasteiger partial charge in [-0.15, -0.1) is 0 Å². The first-order chi connectivity index (χ1) is 13.1. The molecule has 0 aliphatic heterocycles. The molecule has 0 saturated carbocycles. The topological polar surface area (TPSA) is 45.6 Å². The quantitative estimate of drug-likeness (QED) is 0.333. The molecule has 0 radical (unpaired) electrons. The molecule has 0 spiro atoms. The molecule has 4 nitrogen and oxygen atoms in total. The number of anilines is 1. The van der Waals surface area contributed by atoms with Crippen molar-refractivity contribution in [1.29, 1.82) is 0 Å². The minimum Gasteiger partial charge on any atom is -0.457 e. The van der Waals surface area contributed by atoms with Crippen LogP contribution in [-0.4, -0.2) is 11.3 Å². The molecule has 0 unspecified atom stereocenters. The van der Waals surface area contributed by atoms with Crippen LogP contribution >= 0.6 is 23.8 Å². The van der Waals surface area contributed by atoms with Crippen molar-refractivity contribution in [3.05, 3.63) is 89.2 Å².